The number of carbonyl (C=O) groups excluding carboxylic acids is 1. The number of rotatable bonds is 4. The molecule has 2 amide bonds. The van der Waals surface area contributed by atoms with Crippen LogP contribution in [0.2, 0.25) is 0 Å². The van der Waals surface area contributed by atoms with E-state index in [9.17, 15) is 13.2 Å². The first-order valence-electron chi connectivity index (χ1n) is 7.18. The van der Waals surface area contributed by atoms with Gasteiger partial charge >= 0.3 is 6.03 Å². The molecule has 1 aromatic rings. The summed E-state index contributed by atoms with van der Waals surface area (Å²) in [6.07, 6.45) is 6.46. The number of nitrogens with one attached hydrogen (secondary N) is 2. The van der Waals surface area contributed by atoms with Crippen LogP contribution in [0.25, 0.3) is 0 Å². The second kappa shape index (κ2) is 6.93. The number of anilines is 1. The number of urea groups is 1. The van der Waals surface area contributed by atoms with Gasteiger partial charge in [-0.25, -0.2) is 4.79 Å². The van der Waals surface area contributed by atoms with Crippen LogP contribution in [0.15, 0.2) is 40.9 Å². The number of carbonyl (C=O) groups is 1. The summed E-state index contributed by atoms with van der Waals surface area (Å²) in [5, 5.41) is 5.17. The van der Waals surface area contributed by atoms with Crippen LogP contribution in [0, 0.1) is 5.92 Å². The molecule has 0 saturated heterocycles. The zero-order valence-electron chi connectivity index (χ0n) is 12.4. The lowest BCUT2D eigenvalue weighted by atomic mass is 10.0. The fourth-order valence-electron chi connectivity index (χ4n) is 2.58. The molecular formula is C15H20N2O4S. The van der Waals surface area contributed by atoms with Gasteiger partial charge in [-0.1, -0.05) is 24.5 Å². The summed E-state index contributed by atoms with van der Waals surface area (Å²) < 4.78 is 31.1. The lowest BCUT2D eigenvalue weighted by Crippen LogP contribution is -2.24. The first-order chi connectivity index (χ1) is 10.4. The van der Waals surface area contributed by atoms with E-state index in [4.69, 9.17) is 4.55 Å². The molecule has 0 radical (unpaired) electrons. The van der Waals surface area contributed by atoms with Crippen LogP contribution in [0.1, 0.15) is 32.6 Å². The third kappa shape index (κ3) is 4.57. The van der Waals surface area contributed by atoms with Crippen molar-refractivity contribution in [3.8, 4) is 0 Å². The molecule has 3 N–H and O–H groups in total. The predicted molar refractivity (Wildman–Crippen MR) is 84.1 cm³/mol. The molecule has 1 aliphatic carbocycles. The molecule has 22 heavy (non-hydrogen) atoms. The molecule has 0 spiro atoms. The Hall–Kier alpha value is -1.86. The Labute approximate surface area is 130 Å². The molecule has 2 rings (SSSR count). The van der Waals surface area contributed by atoms with Gasteiger partial charge in [0.05, 0.1) is 4.90 Å². The van der Waals surface area contributed by atoms with Gasteiger partial charge in [0.2, 0.25) is 0 Å². The molecular weight excluding hydrogens is 304 g/mol. The molecule has 0 aliphatic heterocycles. The van der Waals surface area contributed by atoms with Crippen LogP contribution in [0.5, 0.6) is 0 Å². The van der Waals surface area contributed by atoms with E-state index in [1.54, 1.807) is 12.3 Å². The minimum atomic E-state index is -4.28. The molecule has 1 fully saturated rings. The molecule has 120 valence electrons. The number of hydrogen-bond donors (Lipinski definition) is 3. The van der Waals surface area contributed by atoms with E-state index < -0.39 is 16.1 Å². The maximum Gasteiger partial charge on any atom is 0.323 e. The molecule has 0 unspecified atom stereocenters. The maximum atomic E-state index is 11.8. The fourth-order valence-corrected chi connectivity index (χ4v) is 3.11. The number of amides is 2. The maximum absolute atomic E-state index is 11.8. The van der Waals surface area contributed by atoms with E-state index in [0.717, 1.165) is 18.4 Å². The summed E-state index contributed by atoms with van der Waals surface area (Å²) in [5.41, 5.74) is 1.43. The third-order valence-electron chi connectivity index (χ3n) is 3.82. The van der Waals surface area contributed by atoms with Gasteiger partial charge in [-0.15, -0.1) is 0 Å². The molecule has 0 atom stereocenters. The van der Waals surface area contributed by atoms with E-state index in [2.05, 4.69) is 10.6 Å². The monoisotopic (exact) mass is 324 g/mol. The predicted octanol–water partition coefficient (Wildman–Crippen LogP) is 3.15. The van der Waals surface area contributed by atoms with Crippen molar-refractivity contribution in [2.45, 2.75) is 37.5 Å². The average Bonchev–Trinajstić information content (AvgIpc) is 2.98. The van der Waals surface area contributed by atoms with Crippen molar-refractivity contribution >= 4 is 21.8 Å². The van der Waals surface area contributed by atoms with Crippen LogP contribution < -0.4 is 10.6 Å². The lowest BCUT2D eigenvalue weighted by molar-refractivity contribution is 0.255. The van der Waals surface area contributed by atoms with Crippen LogP contribution in [-0.4, -0.2) is 19.0 Å². The largest absolute Gasteiger partial charge is 0.323 e. The minimum absolute atomic E-state index is 0.261. The molecule has 1 aromatic carbocycles. The van der Waals surface area contributed by atoms with Crippen molar-refractivity contribution in [1.29, 1.82) is 0 Å². The number of benzene rings is 1. The Morgan fingerprint density at radius 1 is 1.32 bits per heavy atom. The van der Waals surface area contributed by atoms with E-state index in [1.165, 1.54) is 31.0 Å². The Balaban J connectivity index is 1.96. The highest BCUT2D eigenvalue weighted by molar-refractivity contribution is 7.85. The zero-order chi connectivity index (χ0) is 16.2. The molecule has 0 heterocycles. The van der Waals surface area contributed by atoms with Crippen LogP contribution in [-0.2, 0) is 10.1 Å². The Bertz CT molecular complexity index is 677. The van der Waals surface area contributed by atoms with Crippen molar-refractivity contribution in [3.05, 3.63) is 36.0 Å². The number of allylic oxidation sites excluding steroid dienone is 1. The van der Waals surface area contributed by atoms with Gasteiger partial charge in [-0.05, 0) is 43.9 Å². The summed E-state index contributed by atoms with van der Waals surface area (Å²) in [6.45, 7) is 2.00. The lowest BCUT2D eigenvalue weighted by Gasteiger charge is -2.10. The molecule has 0 bridgehead atoms. The van der Waals surface area contributed by atoms with Crippen LogP contribution >= 0.6 is 0 Å². The summed E-state index contributed by atoms with van der Waals surface area (Å²) in [7, 11) is -4.28. The highest BCUT2D eigenvalue weighted by Gasteiger charge is 2.16. The quantitative estimate of drug-likeness (QED) is 0.741. The summed E-state index contributed by atoms with van der Waals surface area (Å²) in [6, 6.07) is 4.98. The normalized spacial score (nSPS) is 16.5. The van der Waals surface area contributed by atoms with Crippen molar-refractivity contribution in [3.63, 3.8) is 0 Å². The molecule has 1 aliphatic rings. The van der Waals surface area contributed by atoms with Gasteiger partial charge in [0.1, 0.15) is 0 Å². The van der Waals surface area contributed by atoms with Gasteiger partial charge in [-0.3, -0.25) is 4.55 Å². The highest BCUT2D eigenvalue weighted by atomic mass is 32.2. The average molecular weight is 324 g/mol. The Morgan fingerprint density at radius 3 is 2.64 bits per heavy atom. The molecule has 1 saturated carbocycles. The highest BCUT2D eigenvalue weighted by Crippen LogP contribution is 2.30. The fraction of sp³-hybridized carbons (Fsp3) is 0.400. The van der Waals surface area contributed by atoms with Crippen molar-refractivity contribution in [1.82, 2.24) is 5.32 Å². The Morgan fingerprint density at radius 2 is 2.00 bits per heavy atom. The van der Waals surface area contributed by atoms with Gasteiger partial charge in [0.15, 0.2) is 0 Å². The molecule has 6 nitrogen and oxygen atoms in total. The SMILES string of the molecule is C/C(=C\NC(=O)Nc1cccc(S(=O)(=O)O)c1)C1CCCC1. The first-order valence-corrected chi connectivity index (χ1v) is 8.62. The zero-order valence-corrected chi connectivity index (χ0v) is 13.2. The van der Waals surface area contributed by atoms with Crippen molar-refractivity contribution < 1.29 is 17.8 Å². The van der Waals surface area contributed by atoms with E-state index in [1.807, 2.05) is 6.92 Å². The van der Waals surface area contributed by atoms with Crippen molar-refractivity contribution in [2.24, 2.45) is 5.92 Å². The standard InChI is InChI=1S/C15H20N2O4S/c1-11(12-5-2-3-6-12)10-16-15(18)17-13-7-4-8-14(9-13)22(19,20)21/h4,7-10,12H,2-3,5-6H2,1H3,(H2,16,17,18)(H,19,20,21)/b11-10+. The Kier molecular flexibility index (Phi) is 5.20. The summed E-state index contributed by atoms with van der Waals surface area (Å²) in [4.78, 5) is 11.6. The summed E-state index contributed by atoms with van der Waals surface area (Å²) >= 11 is 0. The topological polar surface area (TPSA) is 95.5 Å². The molecule has 0 aromatic heterocycles. The second-order valence-electron chi connectivity index (χ2n) is 5.47. The minimum Gasteiger partial charge on any atom is -0.314 e. The number of hydrogen-bond acceptors (Lipinski definition) is 3. The first kappa shape index (κ1) is 16.5. The van der Waals surface area contributed by atoms with Crippen LogP contribution in [0.3, 0.4) is 0 Å². The van der Waals surface area contributed by atoms with Gasteiger partial charge in [-0.2, -0.15) is 8.42 Å². The van der Waals surface area contributed by atoms with E-state index >= 15 is 0 Å². The second-order valence-corrected chi connectivity index (χ2v) is 6.89. The smallest absolute Gasteiger partial charge is 0.314 e. The van der Waals surface area contributed by atoms with E-state index in [-0.39, 0.29) is 4.90 Å². The third-order valence-corrected chi connectivity index (χ3v) is 4.67. The molecule has 7 heteroatoms. The van der Waals surface area contributed by atoms with E-state index in [0.29, 0.717) is 11.6 Å². The van der Waals surface area contributed by atoms with Crippen molar-refractivity contribution in [2.75, 3.05) is 5.32 Å². The van der Waals surface area contributed by atoms with Gasteiger partial charge in [0, 0.05) is 11.9 Å². The van der Waals surface area contributed by atoms with Gasteiger partial charge < -0.3 is 10.6 Å². The van der Waals surface area contributed by atoms with Crippen LogP contribution in [0.4, 0.5) is 10.5 Å². The summed E-state index contributed by atoms with van der Waals surface area (Å²) in [5.74, 6) is 0.531. The van der Waals surface area contributed by atoms with Gasteiger partial charge in [0.25, 0.3) is 10.1 Å².